The quantitative estimate of drug-likeness (QED) is 0.869. The van der Waals surface area contributed by atoms with Crippen LogP contribution in [0.25, 0.3) is 0 Å². The minimum Gasteiger partial charge on any atom is -0.351 e. The van der Waals surface area contributed by atoms with Gasteiger partial charge in [-0.25, -0.2) is 8.78 Å². The fourth-order valence-electron chi connectivity index (χ4n) is 1.58. The zero-order chi connectivity index (χ0) is 13.1. The molecule has 0 unspecified atom stereocenters. The zero-order valence-electron chi connectivity index (χ0n) is 9.67. The molecule has 0 fully saturated rings. The summed E-state index contributed by atoms with van der Waals surface area (Å²) in [4.78, 5) is 0. The van der Waals surface area contributed by atoms with Crippen LogP contribution in [0.1, 0.15) is 11.1 Å². The Balaban J connectivity index is 2.40. The molecule has 0 radical (unpaired) electrons. The molecule has 0 bridgehead atoms. The SMILES string of the molecule is Cc1ccc(F)c(Nc2cccc(C#N)c2)c1F. The first-order valence-electron chi connectivity index (χ1n) is 5.33. The summed E-state index contributed by atoms with van der Waals surface area (Å²) in [6, 6.07) is 11.0. The summed E-state index contributed by atoms with van der Waals surface area (Å²) in [6.45, 7) is 1.56. The molecular weight excluding hydrogens is 234 g/mol. The largest absolute Gasteiger partial charge is 0.351 e. The van der Waals surface area contributed by atoms with Crippen LogP contribution in [0, 0.1) is 29.9 Å². The van der Waals surface area contributed by atoms with E-state index >= 15 is 0 Å². The molecule has 0 amide bonds. The van der Waals surface area contributed by atoms with Gasteiger partial charge in [0, 0.05) is 5.69 Å². The molecule has 4 heteroatoms. The third-order valence-corrected chi connectivity index (χ3v) is 2.55. The standard InChI is InChI=1S/C14H10F2N2/c1-9-5-6-12(15)14(13(9)16)18-11-4-2-3-10(7-11)8-17/h2-7,18H,1H3. The van der Waals surface area contributed by atoms with E-state index in [1.807, 2.05) is 6.07 Å². The van der Waals surface area contributed by atoms with Gasteiger partial charge in [0.05, 0.1) is 11.6 Å². The first-order chi connectivity index (χ1) is 8.61. The number of rotatable bonds is 2. The normalized spacial score (nSPS) is 9.89. The van der Waals surface area contributed by atoms with Crippen molar-refractivity contribution in [2.75, 3.05) is 5.32 Å². The number of halogens is 2. The van der Waals surface area contributed by atoms with E-state index in [0.29, 0.717) is 16.8 Å². The Bertz CT molecular complexity index is 630. The number of anilines is 2. The maximum Gasteiger partial charge on any atom is 0.152 e. The summed E-state index contributed by atoms with van der Waals surface area (Å²) in [5, 5.41) is 11.4. The molecule has 90 valence electrons. The molecular formula is C14H10F2N2. The van der Waals surface area contributed by atoms with E-state index in [0.717, 1.165) is 0 Å². The van der Waals surface area contributed by atoms with Crippen LogP contribution in [-0.4, -0.2) is 0 Å². The Morgan fingerprint density at radius 1 is 1.17 bits per heavy atom. The minimum absolute atomic E-state index is 0.204. The number of nitrogens with zero attached hydrogens (tertiary/aromatic N) is 1. The van der Waals surface area contributed by atoms with Crippen LogP contribution in [0.3, 0.4) is 0 Å². The number of hydrogen-bond acceptors (Lipinski definition) is 2. The van der Waals surface area contributed by atoms with Crippen molar-refractivity contribution in [3.8, 4) is 6.07 Å². The highest BCUT2D eigenvalue weighted by molar-refractivity contribution is 5.63. The van der Waals surface area contributed by atoms with E-state index in [9.17, 15) is 8.78 Å². The third kappa shape index (κ3) is 2.30. The Hall–Kier alpha value is -2.41. The summed E-state index contributed by atoms with van der Waals surface area (Å²) in [5.41, 5.74) is 1.05. The average molecular weight is 244 g/mol. The van der Waals surface area contributed by atoms with Crippen LogP contribution in [0.4, 0.5) is 20.2 Å². The van der Waals surface area contributed by atoms with E-state index in [2.05, 4.69) is 5.32 Å². The Morgan fingerprint density at radius 3 is 2.67 bits per heavy atom. The average Bonchev–Trinajstić information content (AvgIpc) is 2.39. The summed E-state index contributed by atoms with van der Waals surface area (Å²) >= 11 is 0. The molecule has 0 aromatic heterocycles. The van der Waals surface area contributed by atoms with Crippen LogP contribution < -0.4 is 5.32 Å². The monoisotopic (exact) mass is 244 g/mol. The Kier molecular flexibility index (Phi) is 3.24. The molecule has 0 heterocycles. The molecule has 2 rings (SSSR count). The van der Waals surface area contributed by atoms with Crippen molar-refractivity contribution in [2.24, 2.45) is 0 Å². The van der Waals surface area contributed by atoms with Gasteiger partial charge in [-0.05, 0) is 36.8 Å². The van der Waals surface area contributed by atoms with Crippen LogP contribution in [0.5, 0.6) is 0 Å². The maximum atomic E-state index is 13.8. The predicted octanol–water partition coefficient (Wildman–Crippen LogP) is 3.89. The van der Waals surface area contributed by atoms with Gasteiger partial charge in [0.1, 0.15) is 11.5 Å². The number of hydrogen-bond donors (Lipinski definition) is 1. The second-order valence-electron chi connectivity index (χ2n) is 3.87. The van der Waals surface area contributed by atoms with Crippen molar-refractivity contribution >= 4 is 11.4 Å². The smallest absolute Gasteiger partial charge is 0.152 e. The Labute approximate surface area is 103 Å². The van der Waals surface area contributed by atoms with Crippen LogP contribution in [-0.2, 0) is 0 Å². The van der Waals surface area contributed by atoms with Crippen LogP contribution >= 0.6 is 0 Å². The highest BCUT2D eigenvalue weighted by atomic mass is 19.1. The molecule has 18 heavy (non-hydrogen) atoms. The molecule has 0 aliphatic carbocycles. The van der Waals surface area contributed by atoms with E-state index in [4.69, 9.17) is 5.26 Å². The van der Waals surface area contributed by atoms with Crippen molar-refractivity contribution in [2.45, 2.75) is 6.92 Å². The molecule has 0 atom stereocenters. The van der Waals surface area contributed by atoms with Gasteiger partial charge in [-0.15, -0.1) is 0 Å². The zero-order valence-corrected chi connectivity index (χ0v) is 9.67. The van der Waals surface area contributed by atoms with Crippen LogP contribution in [0.15, 0.2) is 36.4 Å². The van der Waals surface area contributed by atoms with Gasteiger partial charge in [0.15, 0.2) is 5.82 Å². The van der Waals surface area contributed by atoms with Gasteiger partial charge in [0.25, 0.3) is 0 Å². The lowest BCUT2D eigenvalue weighted by Gasteiger charge is -2.10. The highest BCUT2D eigenvalue weighted by Gasteiger charge is 2.11. The van der Waals surface area contributed by atoms with E-state index in [1.165, 1.54) is 18.2 Å². The Morgan fingerprint density at radius 2 is 1.94 bits per heavy atom. The van der Waals surface area contributed by atoms with Gasteiger partial charge in [-0.1, -0.05) is 12.1 Å². The van der Waals surface area contributed by atoms with Crippen molar-refractivity contribution in [3.05, 3.63) is 59.2 Å². The predicted molar refractivity (Wildman–Crippen MR) is 65.5 cm³/mol. The van der Waals surface area contributed by atoms with Crippen molar-refractivity contribution in [3.63, 3.8) is 0 Å². The lowest BCUT2D eigenvalue weighted by Crippen LogP contribution is -1.99. The summed E-state index contributed by atoms with van der Waals surface area (Å²) in [6.07, 6.45) is 0. The summed E-state index contributed by atoms with van der Waals surface area (Å²) < 4.78 is 27.3. The fraction of sp³-hybridized carbons (Fsp3) is 0.0714. The number of nitrogens with one attached hydrogen (secondary N) is 1. The molecule has 0 aliphatic heterocycles. The van der Waals surface area contributed by atoms with Gasteiger partial charge in [-0.2, -0.15) is 5.26 Å². The second kappa shape index (κ2) is 4.84. The first kappa shape index (κ1) is 12.1. The molecule has 1 N–H and O–H groups in total. The molecule has 2 aromatic carbocycles. The highest BCUT2D eigenvalue weighted by Crippen LogP contribution is 2.25. The van der Waals surface area contributed by atoms with Crippen molar-refractivity contribution in [1.82, 2.24) is 0 Å². The second-order valence-corrected chi connectivity index (χ2v) is 3.87. The lowest BCUT2D eigenvalue weighted by molar-refractivity contribution is 0.585. The van der Waals surface area contributed by atoms with Gasteiger partial charge < -0.3 is 5.32 Å². The van der Waals surface area contributed by atoms with Gasteiger partial charge in [-0.3, -0.25) is 0 Å². The van der Waals surface area contributed by atoms with E-state index in [-0.39, 0.29) is 5.69 Å². The first-order valence-corrected chi connectivity index (χ1v) is 5.33. The topological polar surface area (TPSA) is 35.8 Å². The molecule has 0 saturated heterocycles. The summed E-state index contributed by atoms with van der Waals surface area (Å²) in [7, 11) is 0. The number of benzene rings is 2. The molecule has 2 aromatic rings. The molecule has 0 saturated carbocycles. The minimum atomic E-state index is -0.666. The molecule has 2 nitrogen and oxygen atoms in total. The van der Waals surface area contributed by atoms with Gasteiger partial charge in [0.2, 0.25) is 0 Å². The fourth-order valence-corrected chi connectivity index (χ4v) is 1.58. The third-order valence-electron chi connectivity index (χ3n) is 2.55. The van der Waals surface area contributed by atoms with Crippen molar-refractivity contribution in [1.29, 1.82) is 5.26 Å². The van der Waals surface area contributed by atoms with E-state index < -0.39 is 11.6 Å². The molecule has 0 spiro atoms. The van der Waals surface area contributed by atoms with Crippen LogP contribution in [0.2, 0.25) is 0 Å². The number of aryl methyl sites for hydroxylation is 1. The van der Waals surface area contributed by atoms with E-state index in [1.54, 1.807) is 25.1 Å². The van der Waals surface area contributed by atoms with Gasteiger partial charge >= 0.3 is 0 Å². The summed E-state index contributed by atoms with van der Waals surface area (Å²) in [5.74, 6) is -1.29. The lowest BCUT2D eigenvalue weighted by atomic mass is 10.1. The maximum absolute atomic E-state index is 13.8. The number of nitriles is 1. The van der Waals surface area contributed by atoms with Crippen molar-refractivity contribution < 1.29 is 8.78 Å². The molecule has 0 aliphatic rings.